The highest BCUT2D eigenvalue weighted by Gasteiger charge is 2.48. The molecule has 0 fully saturated rings. The number of fused-ring (bicyclic) bond motifs is 6. The van der Waals surface area contributed by atoms with Crippen molar-refractivity contribution < 1.29 is 4.57 Å². The van der Waals surface area contributed by atoms with Crippen LogP contribution in [0, 0.1) is 6.33 Å². The van der Waals surface area contributed by atoms with Gasteiger partial charge in [-0.05, 0) is 47.5 Å². The van der Waals surface area contributed by atoms with Crippen LogP contribution in [0.2, 0.25) is 0 Å². The topological polar surface area (TPSA) is 8.81 Å². The molecule has 1 heterocycles. The van der Waals surface area contributed by atoms with Crippen LogP contribution in [0.3, 0.4) is 0 Å². The molecule has 0 saturated heterocycles. The zero-order valence-electron chi connectivity index (χ0n) is 20.2. The van der Waals surface area contributed by atoms with Crippen LogP contribution in [0.4, 0.5) is 0 Å². The predicted molar refractivity (Wildman–Crippen MR) is 140 cm³/mol. The Kier molecular flexibility index (Phi) is 4.26. The van der Waals surface area contributed by atoms with Crippen molar-refractivity contribution in [1.29, 1.82) is 0 Å². The van der Waals surface area contributed by atoms with E-state index in [1.807, 2.05) is 0 Å². The quantitative estimate of drug-likeness (QED) is 0.206. The minimum Gasteiger partial charge on any atom is -0.338 e. The molecule has 0 unspecified atom stereocenters. The Morgan fingerprint density at radius 1 is 0.600 bits per heavy atom. The monoisotopic (exact) mass is 452 g/mol. The fraction of sp³-hybridized carbons (Fsp3) is 0.182. The molecule has 1 aromatic heterocycles. The highest BCUT2D eigenvalue weighted by molar-refractivity contribution is 5.81. The maximum absolute atomic E-state index is 3.88. The summed E-state index contributed by atoms with van der Waals surface area (Å²) in [4.78, 5) is 0. The summed E-state index contributed by atoms with van der Waals surface area (Å²) in [5, 5.41) is 0. The van der Waals surface area contributed by atoms with Crippen molar-refractivity contribution in [2.24, 2.45) is 0 Å². The van der Waals surface area contributed by atoms with E-state index in [9.17, 15) is 0 Å². The van der Waals surface area contributed by atoms with Gasteiger partial charge in [-0.25, -0.2) is 0 Å². The molecule has 2 nitrogen and oxygen atoms in total. The first kappa shape index (κ1) is 20.5. The van der Waals surface area contributed by atoms with Gasteiger partial charge in [0.05, 0.1) is 0 Å². The lowest BCUT2D eigenvalue weighted by Gasteiger charge is -2.33. The summed E-state index contributed by atoms with van der Waals surface area (Å²) in [5.74, 6) is 0. The molecule has 2 heteroatoms. The second-order valence-electron chi connectivity index (χ2n) is 9.75. The van der Waals surface area contributed by atoms with E-state index in [4.69, 9.17) is 0 Å². The molecule has 170 valence electrons. The zero-order chi connectivity index (χ0) is 23.6. The van der Waals surface area contributed by atoms with E-state index in [2.05, 4.69) is 139 Å². The third-order valence-electron chi connectivity index (χ3n) is 8.50. The number of aromatic nitrogens is 2. The minimum absolute atomic E-state index is 0.273. The van der Waals surface area contributed by atoms with Crippen molar-refractivity contribution in [2.45, 2.75) is 37.8 Å². The largest absolute Gasteiger partial charge is 0.338 e. The molecule has 0 spiro atoms. The Morgan fingerprint density at radius 2 is 1.03 bits per heavy atom. The molecular formula is C33H28N2. The Balaban J connectivity index is 1.49. The van der Waals surface area contributed by atoms with Gasteiger partial charge in [-0.3, -0.25) is 0 Å². The van der Waals surface area contributed by atoms with E-state index in [1.165, 1.54) is 44.5 Å². The van der Waals surface area contributed by atoms with Crippen LogP contribution in [0.1, 0.15) is 48.9 Å². The van der Waals surface area contributed by atoms with Gasteiger partial charge in [0.15, 0.2) is 0 Å². The highest BCUT2D eigenvalue weighted by atomic mass is 15.2. The second kappa shape index (κ2) is 7.29. The smallest absolute Gasteiger partial charge is 0.205 e. The van der Waals surface area contributed by atoms with E-state index < -0.39 is 0 Å². The average Bonchev–Trinajstić information content (AvgIpc) is 3.60. The molecule has 0 aliphatic heterocycles. The number of benzene rings is 4. The normalized spacial score (nSPS) is 15.8. The molecule has 7 rings (SSSR count). The molecule has 0 atom stereocenters. The Bertz CT molecular complexity index is 1380. The lowest BCUT2D eigenvalue weighted by molar-refractivity contribution is -0.747. The second-order valence-corrected chi connectivity index (χ2v) is 9.75. The molecule has 5 aromatic rings. The lowest BCUT2D eigenvalue weighted by atomic mass is 9.84. The van der Waals surface area contributed by atoms with Crippen molar-refractivity contribution in [3.8, 4) is 22.3 Å². The van der Waals surface area contributed by atoms with Crippen LogP contribution >= 0.6 is 0 Å². The molecule has 2 aliphatic carbocycles. The summed E-state index contributed by atoms with van der Waals surface area (Å²) >= 11 is 0. The molecule has 0 N–H and O–H groups in total. The SMILES string of the molecule is CCC1(n2[c-][n+](C3(CC)c4ccccc4-c4ccccc43)cc2)c2ccccc2-c2ccccc21. The molecule has 35 heavy (non-hydrogen) atoms. The molecule has 4 aromatic carbocycles. The van der Waals surface area contributed by atoms with Crippen LogP contribution in [0.15, 0.2) is 109 Å². The summed E-state index contributed by atoms with van der Waals surface area (Å²) < 4.78 is 4.69. The molecule has 0 radical (unpaired) electrons. The van der Waals surface area contributed by atoms with Gasteiger partial charge in [0.2, 0.25) is 6.33 Å². The van der Waals surface area contributed by atoms with E-state index >= 15 is 0 Å². The number of hydrogen-bond acceptors (Lipinski definition) is 0. The number of nitrogens with zero attached hydrogens (tertiary/aromatic N) is 2. The Hall–Kier alpha value is -3.91. The summed E-state index contributed by atoms with van der Waals surface area (Å²) in [6.45, 7) is 4.60. The molecule has 0 bridgehead atoms. The third-order valence-corrected chi connectivity index (χ3v) is 8.50. The van der Waals surface area contributed by atoms with Crippen LogP contribution in [-0.2, 0) is 11.1 Å². The first-order valence-corrected chi connectivity index (χ1v) is 12.7. The number of rotatable bonds is 4. The molecule has 2 aliphatic rings. The maximum Gasteiger partial charge on any atom is 0.205 e. The van der Waals surface area contributed by atoms with Gasteiger partial charge in [0, 0.05) is 22.3 Å². The van der Waals surface area contributed by atoms with Gasteiger partial charge in [0.25, 0.3) is 0 Å². The van der Waals surface area contributed by atoms with Crippen LogP contribution in [0.25, 0.3) is 22.3 Å². The Labute approximate surface area is 207 Å². The van der Waals surface area contributed by atoms with Gasteiger partial charge >= 0.3 is 0 Å². The number of imidazole rings is 1. The summed E-state index contributed by atoms with van der Waals surface area (Å²) in [6.07, 6.45) is 10.3. The van der Waals surface area contributed by atoms with Crippen molar-refractivity contribution in [2.75, 3.05) is 0 Å². The first-order valence-electron chi connectivity index (χ1n) is 12.7. The first-order chi connectivity index (χ1) is 17.3. The van der Waals surface area contributed by atoms with Crippen LogP contribution in [0.5, 0.6) is 0 Å². The van der Waals surface area contributed by atoms with Crippen LogP contribution in [-0.4, -0.2) is 4.57 Å². The molecular weight excluding hydrogens is 424 g/mol. The van der Waals surface area contributed by atoms with Crippen molar-refractivity contribution in [3.05, 3.63) is 138 Å². The van der Waals surface area contributed by atoms with E-state index in [1.54, 1.807) is 0 Å². The number of hydrogen-bond donors (Lipinski definition) is 0. The maximum atomic E-state index is 3.88. The van der Waals surface area contributed by atoms with Gasteiger partial charge in [-0.2, -0.15) is 0 Å². The standard InChI is InChI=1S/C33H28N2/c1-3-32(28-17-9-5-13-24(28)25-14-6-10-18-29(25)32)34-21-22-35(23-34)33(4-2)30-19-11-7-15-26(30)27-16-8-12-20-31(27)33/h5-22H,3-4H2,1-2H3. The Morgan fingerprint density at radius 3 is 1.49 bits per heavy atom. The van der Waals surface area contributed by atoms with E-state index in [0.717, 1.165) is 12.8 Å². The minimum atomic E-state index is -0.273. The van der Waals surface area contributed by atoms with Gasteiger partial charge < -0.3 is 9.13 Å². The van der Waals surface area contributed by atoms with Gasteiger partial charge in [-0.15, -0.1) is 0 Å². The van der Waals surface area contributed by atoms with Crippen molar-refractivity contribution in [3.63, 3.8) is 0 Å². The van der Waals surface area contributed by atoms with Crippen molar-refractivity contribution >= 4 is 0 Å². The van der Waals surface area contributed by atoms with Gasteiger partial charge in [-0.1, -0.05) is 111 Å². The average molecular weight is 453 g/mol. The molecule has 0 amide bonds. The highest BCUT2D eigenvalue weighted by Crippen LogP contribution is 2.52. The fourth-order valence-electron chi connectivity index (χ4n) is 6.97. The molecule has 0 saturated carbocycles. The van der Waals surface area contributed by atoms with E-state index in [-0.39, 0.29) is 11.1 Å². The van der Waals surface area contributed by atoms with Crippen LogP contribution < -0.4 is 4.57 Å². The third kappa shape index (κ3) is 2.42. The summed E-state index contributed by atoms with van der Waals surface area (Å²) in [7, 11) is 0. The zero-order valence-corrected chi connectivity index (χ0v) is 20.2. The fourth-order valence-corrected chi connectivity index (χ4v) is 6.97. The summed E-state index contributed by atoms with van der Waals surface area (Å²) in [6, 6.07) is 35.5. The van der Waals surface area contributed by atoms with E-state index in [0.29, 0.717) is 0 Å². The lowest BCUT2D eigenvalue weighted by Crippen LogP contribution is -2.56. The van der Waals surface area contributed by atoms with Crippen molar-refractivity contribution in [1.82, 2.24) is 4.57 Å². The summed E-state index contributed by atoms with van der Waals surface area (Å²) in [5.41, 5.74) is 10.2. The predicted octanol–water partition coefficient (Wildman–Crippen LogP) is 6.94. The van der Waals surface area contributed by atoms with Gasteiger partial charge in [0.1, 0.15) is 11.1 Å².